The molecule has 1 aliphatic heterocycles. The minimum Gasteiger partial charge on any atom is -0.353 e. The number of aryl methyl sites for hydroxylation is 1. The minimum atomic E-state index is -0.210. The number of fused-ring (bicyclic) bond motifs is 2. The molecular formula is C24H25FN4OS. The molecule has 160 valence electrons. The van der Waals surface area contributed by atoms with E-state index in [2.05, 4.69) is 31.3 Å². The molecule has 4 aromatic rings. The summed E-state index contributed by atoms with van der Waals surface area (Å²) in [7, 11) is 0. The number of hydrogen-bond acceptors (Lipinski definition) is 5. The van der Waals surface area contributed by atoms with E-state index in [4.69, 9.17) is 0 Å². The Kier molecular flexibility index (Phi) is 5.24. The molecule has 2 aromatic carbocycles. The van der Waals surface area contributed by atoms with E-state index in [1.54, 1.807) is 6.07 Å². The lowest BCUT2D eigenvalue weighted by Crippen LogP contribution is -2.47. The van der Waals surface area contributed by atoms with E-state index in [0.29, 0.717) is 0 Å². The van der Waals surface area contributed by atoms with E-state index in [9.17, 15) is 9.18 Å². The summed E-state index contributed by atoms with van der Waals surface area (Å²) in [6.07, 6.45) is 0.979. The van der Waals surface area contributed by atoms with Gasteiger partial charge in [-0.05, 0) is 73.3 Å². The van der Waals surface area contributed by atoms with Crippen LogP contribution in [0.4, 0.5) is 10.2 Å². The van der Waals surface area contributed by atoms with Crippen LogP contribution >= 0.6 is 11.5 Å². The van der Waals surface area contributed by atoms with E-state index in [1.807, 2.05) is 26.0 Å². The van der Waals surface area contributed by atoms with Crippen molar-refractivity contribution in [3.8, 4) is 0 Å². The summed E-state index contributed by atoms with van der Waals surface area (Å²) >= 11 is 1.37. The van der Waals surface area contributed by atoms with Gasteiger partial charge in [0.15, 0.2) is 0 Å². The zero-order valence-corrected chi connectivity index (χ0v) is 18.6. The molecule has 0 radical (unpaired) electrons. The molecule has 0 saturated carbocycles. The van der Waals surface area contributed by atoms with Crippen molar-refractivity contribution in [3.63, 3.8) is 0 Å². The van der Waals surface area contributed by atoms with E-state index in [1.165, 1.54) is 23.2 Å². The van der Waals surface area contributed by atoms with Crippen LogP contribution in [-0.4, -0.2) is 47.0 Å². The maximum atomic E-state index is 13.5. The molecule has 0 unspecified atom stereocenters. The van der Waals surface area contributed by atoms with Gasteiger partial charge in [0, 0.05) is 54.6 Å². The van der Waals surface area contributed by atoms with Gasteiger partial charge in [0.25, 0.3) is 5.56 Å². The molecule has 1 fully saturated rings. The van der Waals surface area contributed by atoms with Crippen LogP contribution in [0.15, 0.2) is 41.2 Å². The highest BCUT2D eigenvalue weighted by molar-refractivity contribution is 7.13. The first-order valence-corrected chi connectivity index (χ1v) is 11.4. The number of nitrogens with one attached hydrogen (secondary N) is 1. The normalized spacial score (nSPS) is 15.3. The Morgan fingerprint density at radius 3 is 2.65 bits per heavy atom. The third-order valence-electron chi connectivity index (χ3n) is 6.44. The van der Waals surface area contributed by atoms with Gasteiger partial charge in [0.1, 0.15) is 11.6 Å². The fraction of sp³-hybridized carbons (Fsp3) is 0.333. The Hall–Kier alpha value is -2.77. The first kappa shape index (κ1) is 20.2. The van der Waals surface area contributed by atoms with Gasteiger partial charge in [-0.25, -0.2) is 4.39 Å². The van der Waals surface area contributed by atoms with Gasteiger partial charge in [-0.1, -0.05) is 6.07 Å². The van der Waals surface area contributed by atoms with Gasteiger partial charge in [-0.2, -0.15) is 4.37 Å². The monoisotopic (exact) mass is 436 g/mol. The second kappa shape index (κ2) is 8.05. The predicted octanol–water partition coefficient (Wildman–Crippen LogP) is 4.26. The number of benzene rings is 2. The van der Waals surface area contributed by atoms with Crippen molar-refractivity contribution in [2.24, 2.45) is 0 Å². The highest BCUT2D eigenvalue weighted by Crippen LogP contribution is 2.30. The van der Waals surface area contributed by atoms with Crippen LogP contribution in [0.2, 0.25) is 0 Å². The molecule has 0 amide bonds. The molecular weight excluding hydrogens is 411 g/mol. The molecule has 5 rings (SSSR count). The lowest BCUT2D eigenvalue weighted by atomic mass is 10.0. The molecule has 1 N–H and O–H groups in total. The van der Waals surface area contributed by atoms with E-state index in [-0.39, 0.29) is 11.4 Å². The average Bonchev–Trinajstić information content (AvgIpc) is 3.20. The number of halogens is 1. The Morgan fingerprint density at radius 1 is 1.03 bits per heavy atom. The maximum Gasteiger partial charge on any atom is 0.251 e. The molecule has 31 heavy (non-hydrogen) atoms. The Labute approximate surface area is 184 Å². The van der Waals surface area contributed by atoms with Crippen LogP contribution in [0.25, 0.3) is 21.0 Å². The largest absolute Gasteiger partial charge is 0.353 e. The van der Waals surface area contributed by atoms with Crippen LogP contribution in [-0.2, 0) is 6.42 Å². The Bertz CT molecular complexity index is 1320. The number of rotatable bonds is 4. The smallest absolute Gasteiger partial charge is 0.251 e. The highest BCUT2D eigenvalue weighted by atomic mass is 32.1. The lowest BCUT2D eigenvalue weighted by molar-refractivity contribution is 0.261. The first-order chi connectivity index (χ1) is 15.0. The topological polar surface area (TPSA) is 52.2 Å². The molecule has 0 bridgehead atoms. The van der Waals surface area contributed by atoms with Gasteiger partial charge in [-0.3, -0.25) is 9.69 Å². The maximum absolute atomic E-state index is 13.5. The standard InChI is InChI=1S/C24H25FN4OS/c1-15-16(2)24(30)26-21-6-3-17(13-20(15)21)7-8-28-9-11-29(12-10-28)23-19-5-4-18(25)14-22(19)31-27-23/h3-6,13-14H,7-12H2,1-2H3,(H,26,30). The predicted molar refractivity (Wildman–Crippen MR) is 126 cm³/mol. The summed E-state index contributed by atoms with van der Waals surface area (Å²) in [4.78, 5) is 19.7. The summed E-state index contributed by atoms with van der Waals surface area (Å²) in [5, 5.41) is 2.17. The number of pyridine rings is 1. The highest BCUT2D eigenvalue weighted by Gasteiger charge is 2.21. The zero-order valence-electron chi connectivity index (χ0n) is 17.7. The number of aromatic amines is 1. The number of anilines is 1. The number of nitrogens with zero attached hydrogens (tertiary/aromatic N) is 3. The molecule has 1 aliphatic rings. The van der Waals surface area contributed by atoms with Crippen molar-refractivity contribution in [2.75, 3.05) is 37.6 Å². The fourth-order valence-electron chi connectivity index (χ4n) is 4.35. The van der Waals surface area contributed by atoms with Crippen molar-refractivity contribution in [2.45, 2.75) is 20.3 Å². The second-order valence-electron chi connectivity index (χ2n) is 8.31. The average molecular weight is 437 g/mol. The third-order valence-corrected chi connectivity index (χ3v) is 7.24. The van der Waals surface area contributed by atoms with Gasteiger partial charge < -0.3 is 9.88 Å². The lowest BCUT2D eigenvalue weighted by Gasteiger charge is -2.35. The van der Waals surface area contributed by atoms with Crippen molar-refractivity contribution < 1.29 is 4.39 Å². The van der Waals surface area contributed by atoms with E-state index >= 15 is 0 Å². The number of piperazine rings is 1. The molecule has 0 aliphatic carbocycles. The van der Waals surface area contributed by atoms with Crippen LogP contribution in [0.5, 0.6) is 0 Å². The molecule has 1 saturated heterocycles. The summed E-state index contributed by atoms with van der Waals surface area (Å²) in [6, 6.07) is 11.3. The van der Waals surface area contributed by atoms with E-state index in [0.717, 1.165) is 77.1 Å². The van der Waals surface area contributed by atoms with Gasteiger partial charge in [0.05, 0.1) is 4.70 Å². The van der Waals surface area contributed by atoms with Gasteiger partial charge >= 0.3 is 0 Å². The van der Waals surface area contributed by atoms with Crippen LogP contribution in [0, 0.1) is 19.7 Å². The van der Waals surface area contributed by atoms with Crippen LogP contribution in [0.1, 0.15) is 16.7 Å². The van der Waals surface area contributed by atoms with Gasteiger partial charge in [0.2, 0.25) is 0 Å². The quantitative estimate of drug-likeness (QED) is 0.519. The molecule has 0 atom stereocenters. The van der Waals surface area contributed by atoms with Crippen molar-refractivity contribution in [1.29, 1.82) is 0 Å². The molecule has 2 aromatic heterocycles. The molecule has 5 nitrogen and oxygen atoms in total. The van der Waals surface area contributed by atoms with Crippen molar-refractivity contribution in [3.05, 3.63) is 69.3 Å². The Balaban J connectivity index is 1.23. The second-order valence-corrected chi connectivity index (χ2v) is 9.11. The third kappa shape index (κ3) is 3.83. The first-order valence-electron chi connectivity index (χ1n) is 10.6. The summed E-state index contributed by atoms with van der Waals surface area (Å²) < 4.78 is 18.9. The molecule has 7 heteroatoms. The van der Waals surface area contributed by atoms with Crippen molar-refractivity contribution in [1.82, 2.24) is 14.3 Å². The number of H-pyrrole nitrogens is 1. The van der Waals surface area contributed by atoms with Crippen LogP contribution < -0.4 is 10.5 Å². The summed E-state index contributed by atoms with van der Waals surface area (Å²) in [5.41, 5.74) is 4.04. The summed E-state index contributed by atoms with van der Waals surface area (Å²) in [6.45, 7) is 8.72. The minimum absolute atomic E-state index is 0.00588. The fourth-order valence-corrected chi connectivity index (χ4v) is 5.17. The SMILES string of the molecule is Cc1c(C)c2cc(CCN3CCN(c4nsc5cc(F)ccc45)CC3)ccc2[nH]c1=O. The van der Waals surface area contributed by atoms with Crippen LogP contribution in [0.3, 0.4) is 0 Å². The summed E-state index contributed by atoms with van der Waals surface area (Å²) in [5.74, 6) is 0.770. The molecule has 0 spiro atoms. The van der Waals surface area contributed by atoms with E-state index < -0.39 is 0 Å². The number of hydrogen-bond donors (Lipinski definition) is 1. The molecule has 3 heterocycles. The Morgan fingerprint density at radius 2 is 1.84 bits per heavy atom. The van der Waals surface area contributed by atoms with Crippen molar-refractivity contribution >= 4 is 38.3 Å². The number of aromatic nitrogens is 2. The van der Waals surface area contributed by atoms with Gasteiger partial charge in [-0.15, -0.1) is 0 Å². The zero-order chi connectivity index (χ0) is 21.5.